The van der Waals surface area contributed by atoms with Crippen molar-refractivity contribution in [1.82, 2.24) is 0 Å². The van der Waals surface area contributed by atoms with E-state index in [1.165, 1.54) is 0 Å². The van der Waals surface area contributed by atoms with Crippen LogP contribution in [0.3, 0.4) is 0 Å². The highest BCUT2D eigenvalue weighted by Crippen LogP contribution is 2.39. The first-order chi connectivity index (χ1) is 12.4. The third-order valence-electron chi connectivity index (χ3n) is 7.67. The zero-order valence-electron chi connectivity index (χ0n) is 21.1. The molecule has 0 N–H and O–H groups in total. The number of hydrogen-bond donors (Lipinski definition) is 0. The van der Waals surface area contributed by atoms with Gasteiger partial charge in [-0.3, -0.25) is 0 Å². The van der Waals surface area contributed by atoms with E-state index in [9.17, 15) is 0 Å². The molecule has 4 heteroatoms. The van der Waals surface area contributed by atoms with Crippen LogP contribution in [0.25, 0.3) is 0 Å². The molecule has 0 radical (unpaired) electrons. The highest BCUT2D eigenvalue weighted by Gasteiger charge is 2.39. The maximum Gasteiger partial charge on any atom is 0.192 e. The lowest BCUT2D eigenvalue weighted by molar-refractivity contribution is 0.138. The summed E-state index contributed by atoms with van der Waals surface area (Å²) in [6, 6.07) is 0. The van der Waals surface area contributed by atoms with Crippen molar-refractivity contribution in [2.45, 2.75) is 91.7 Å². The predicted molar refractivity (Wildman–Crippen MR) is 132 cm³/mol. The van der Waals surface area contributed by atoms with Crippen molar-refractivity contribution in [3.63, 3.8) is 0 Å². The highest BCUT2D eigenvalue weighted by atomic mass is 28.4. The molecule has 0 fully saturated rings. The Hall–Kier alpha value is -0.166. The molecule has 0 unspecified atom stereocenters. The van der Waals surface area contributed by atoms with Gasteiger partial charge in [0.15, 0.2) is 16.6 Å². The van der Waals surface area contributed by atoms with Crippen LogP contribution in [0.15, 0.2) is 25.3 Å². The van der Waals surface area contributed by atoms with Gasteiger partial charge < -0.3 is 8.85 Å². The normalized spacial score (nSPS) is 18.3. The van der Waals surface area contributed by atoms with E-state index in [1.54, 1.807) is 0 Å². The summed E-state index contributed by atoms with van der Waals surface area (Å²) in [5.41, 5.74) is 0. The van der Waals surface area contributed by atoms with Gasteiger partial charge >= 0.3 is 0 Å². The molecule has 0 saturated carbocycles. The fraction of sp³-hybridized carbons (Fsp3) is 0.833. The Bertz CT molecular complexity index is 452. The van der Waals surface area contributed by atoms with Crippen LogP contribution in [0.1, 0.15) is 55.4 Å². The summed E-state index contributed by atoms with van der Waals surface area (Å²) >= 11 is 0. The van der Waals surface area contributed by atoms with Gasteiger partial charge in [0.05, 0.1) is 0 Å². The van der Waals surface area contributed by atoms with Crippen molar-refractivity contribution in [1.29, 1.82) is 0 Å². The molecule has 0 heterocycles. The van der Waals surface area contributed by atoms with Crippen LogP contribution in [-0.4, -0.2) is 29.8 Å². The Kier molecular flexibility index (Phi) is 10.2. The molecule has 0 aromatic heterocycles. The molecule has 2 nitrogen and oxygen atoms in total. The summed E-state index contributed by atoms with van der Waals surface area (Å²) in [7, 11) is -3.50. The van der Waals surface area contributed by atoms with Gasteiger partial charge in [0, 0.05) is 25.0 Å². The highest BCUT2D eigenvalue weighted by molar-refractivity contribution is 6.74. The first-order valence-electron chi connectivity index (χ1n) is 10.9. The van der Waals surface area contributed by atoms with Crippen molar-refractivity contribution >= 4 is 16.6 Å². The summed E-state index contributed by atoms with van der Waals surface area (Å²) < 4.78 is 13.0. The fourth-order valence-corrected chi connectivity index (χ4v) is 4.78. The fourth-order valence-electron chi connectivity index (χ4n) is 2.69. The Labute approximate surface area is 179 Å². The van der Waals surface area contributed by atoms with Crippen LogP contribution in [0.5, 0.6) is 0 Å². The molecule has 0 aromatic rings. The minimum absolute atomic E-state index is 0.230. The third kappa shape index (κ3) is 7.58. The molecular formula is C24H50O2Si2. The van der Waals surface area contributed by atoms with Gasteiger partial charge in [-0.2, -0.15) is 0 Å². The molecular weight excluding hydrogens is 376 g/mol. The van der Waals surface area contributed by atoms with E-state index in [2.05, 4.69) is 107 Å². The summed E-state index contributed by atoms with van der Waals surface area (Å²) in [4.78, 5) is 0. The van der Waals surface area contributed by atoms with E-state index >= 15 is 0 Å². The van der Waals surface area contributed by atoms with Gasteiger partial charge in [-0.15, -0.1) is 13.2 Å². The molecule has 0 saturated heterocycles. The van der Waals surface area contributed by atoms with Crippen molar-refractivity contribution < 1.29 is 8.85 Å². The Morgan fingerprint density at radius 3 is 1.11 bits per heavy atom. The van der Waals surface area contributed by atoms with E-state index in [4.69, 9.17) is 8.85 Å². The van der Waals surface area contributed by atoms with E-state index in [-0.39, 0.29) is 10.1 Å². The second-order valence-corrected chi connectivity index (χ2v) is 21.3. The first-order valence-corrected chi connectivity index (χ1v) is 16.8. The lowest BCUT2D eigenvalue weighted by Crippen LogP contribution is -2.43. The molecule has 0 aliphatic rings. The smallest absolute Gasteiger partial charge is 0.192 e. The van der Waals surface area contributed by atoms with Crippen LogP contribution >= 0.6 is 0 Å². The van der Waals surface area contributed by atoms with Gasteiger partial charge in [-0.05, 0) is 48.1 Å². The third-order valence-corrected chi connectivity index (χ3v) is 16.7. The molecule has 0 bridgehead atoms. The van der Waals surface area contributed by atoms with E-state index in [0.717, 1.165) is 13.2 Å². The molecule has 0 spiro atoms. The minimum Gasteiger partial charge on any atom is -0.416 e. The molecule has 0 amide bonds. The van der Waals surface area contributed by atoms with Gasteiger partial charge in [0.1, 0.15) is 0 Å². The molecule has 4 atom stereocenters. The Morgan fingerprint density at radius 1 is 0.679 bits per heavy atom. The Morgan fingerprint density at radius 2 is 0.929 bits per heavy atom. The quantitative estimate of drug-likeness (QED) is 0.247. The molecule has 0 aliphatic heterocycles. The van der Waals surface area contributed by atoms with Crippen LogP contribution in [0.4, 0.5) is 0 Å². The van der Waals surface area contributed by atoms with Gasteiger partial charge in [0.25, 0.3) is 0 Å². The van der Waals surface area contributed by atoms with Gasteiger partial charge in [-0.25, -0.2) is 0 Å². The number of rotatable bonds is 11. The summed E-state index contributed by atoms with van der Waals surface area (Å²) in [6.45, 7) is 37.4. The molecule has 28 heavy (non-hydrogen) atoms. The van der Waals surface area contributed by atoms with Crippen molar-refractivity contribution in [3.05, 3.63) is 25.3 Å². The summed E-state index contributed by atoms with van der Waals surface area (Å²) in [5, 5.41) is 0.461. The zero-order valence-corrected chi connectivity index (χ0v) is 23.1. The second kappa shape index (κ2) is 10.2. The molecule has 166 valence electrons. The molecule has 0 aliphatic carbocycles. The van der Waals surface area contributed by atoms with E-state index in [1.807, 2.05) is 0 Å². The average molecular weight is 427 g/mol. The Balaban J connectivity index is 5.08. The minimum atomic E-state index is -1.75. The van der Waals surface area contributed by atoms with Gasteiger partial charge in [-0.1, -0.05) is 67.5 Å². The van der Waals surface area contributed by atoms with Crippen LogP contribution < -0.4 is 0 Å². The second-order valence-electron chi connectivity index (χ2n) is 11.7. The van der Waals surface area contributed by atoms with E-state index in [0.29, 0.717) is 23.7 Å². The number of hydrogen-bond acceptors (Lipinski definition) is 2. The zero-order chi connectivity index (χ0) is 22.6. The standard InChI is InChI=1S/C24H50O2Si2/c1-15-21(17-25-27(11,12)23(5,6)7)19(3)20(4)22(16-2)18-26-28(13,14)24(8,9)10/h15-16,19-22H,1-2,17-18H2,3-14H3/t19-,20+,21+,22-. The maximum atomic E-state index is 6.51. The summed E-state index contributed by atoms with van der Waals surface area (Å²) in [5.74, 6) is 1.63. The SMILES string of the molecule is C=C[C@H](CO[Si](C)(C)C(C)(C)C)[C@@H](C)[C@@H](C)[C@@H](C=C)CO[Si](C)(C)C(C)(C)C. The summed E-state index contributed by atoms with van der Waals surface area (Å²) in [6.07, 6.45) is 4.17. The molecule has 0 rings (SSSR count). The van der Waals surface area contributed by atoms with Crippen LogP contribution in [0.2, 0.25) is 36.3 Å². The van der Waals surface area contributed by atoms with Crippen LogP contribution in [0, 0.1) is 23.7 Å². The first kappa shape index (κ1) is 27.8. The lowest BCUT2D eigenvalue weighted by atomic mass is 9.77. The lowest BCUT2D eigenvalue weighted by Gasteiger charge is -2.40. The van der Waals surface area contributed by atoms with Gasteiger partial charge in [0.2, 0.25) is 0 Å². The topological polar surface area (TPSA) is 18.5 Å². The largest absolute Gasteiger partial charge is 0.416 e. The van der Waals surface area contributed by atoms with Crippen molar-refractivity contribution in [2.75, 3.05) is 13.2 Å². The maximum absolute atomic E-state index is 6.51. The van der Waals surface area contributed by atoms with Crippen molar-refractivity contribution in [3.8, 4) is 0 Å². The van der Waals surface area contributed by atoms with Crippen LogP contribution in [-0.2, 0) is 8.85 Å². The predicted octanol–water partition coefficient (Wildman–Crippen LogP) is 7.91. The monoisotopic (exact) mass is 426 g/mol. The molecule has 0 aromatic carbocycles. The average Bonchev–Trinajstić information content (AvgIpc) is 2.53. The van der Waals surface area contributed by atoms with Crippen molar-refractivity contribution in [2.24, 2.45) is 23.7 Å². The van der Waals surface area contributed by atoms with E-state index < -0.39 is 16.6 Å².